The second-order valence-corrected chi connectivity index (χ2v) is 6.27. The Balaban J connectivity index is 2.18. The average Bonchev–Trinajstić information content (AvgIpc) is 2.79. The van der Waals surface area contributed by atoms with Gasteiger partial charge in [-0.25, -0.2) is 9.97 Å². The van der Waals surface area contributed by atoms with Crippen LogP contribution in [-0.4, -0.2) is 27.7 Å². The van der Waals surface area contributed by atoms with Crippen LogP contribution in [0.2, 0.25) is 0 Å². The number of ether oxygens (including phenoxy) is 1. The summed E-state index contributed by atoms with van der Waals surface area (Å²) in [6.45, 7) is 8.25. The van der Waals surface area contributed by atoms with Crippen molar-refractivity contribution in [2.75, 3.05) is 13.2 Å². The minimum Gasteiger partial charge on any atom is -0.379 e. The molecule has 4 heteroatoms. The van der Waals surface area contributed by atoms with Crippen molar-refractivity contribution in [2.24, 2.45) is 0 Å². The molecule has 0 aromatic carbocycles. The van der Waals surface area contributed by atoms with Gasteiger partial charge in [0.1, 0.15) is 11.3 Å². The minimum atomic E-state index is 0.0121. The highest BCUT2D eigenvalue weighted by molar-refractivity contribution is 5.71. The molecule has 1 aliphatic rings. The summed E-state index contributed by atoms with van der Waals surface area (Å²) in [5.74, 6) is 1.11. The summed E-state index contributed by atoms with van der Waals surface area (Å²) in [5, 5.41) is 0. The van der Waals surface area contributed by atoms with E-state index in [1.807, 2.05) is 18.3 Å². The highest BCUT2D eigenvalue weighted by Crippen LogP contribution is 2.31. The maximum atomic E-state index is 5.65. The van der Waals surface area contributed by atoms with Crippen LogP contribution in [0.5, 0.6) is 0 Å². The molecule has 0 aliphatic carbocycles. The molecule has 0 spiro atoms. The fraction of sp³-hybridized carbons (Fsp3) is 0.600. The first-order valence-corrected chi connectivity index (χ1v) is 6.98. The number of fused-ring (bicyclic) bond motifs is 1. The standard InChI is InChI=1S/C15H21N3O/c1-15(2,3)14-17-12-7-4-8-16-13(12)18(14)11-6-5-9-19-10-11/h4,7-8,11H,5-6,9-10H2,1-3H3. The van der Waals surface area contributed by atoms with Crippen LogP contribution in [0.1, 0.15) is 45.5 Å². The summed E-state index contributed by atoms with van der Waals surface area (Å²) in [4.78, 5) is 9.34. The van der Waals surface area contributed by atoms with Crippen LogP contribution < -0.4 is 0 Å². The number of hydrogen-bond donors (Lipinski definition) is 0. The van der Waals surface area contributed by atoms with Crippen LogP contribution in [-0.2, 0) is 10.2 Å². The molecule has 2 aromatic heterocycles. The van der Waals surface area contributed by atoms with E-state index in [2.05, 4.69) is 30.3 Å². The van der Waals surface area contributed by atoms with Gasteiger partial charge in [-0.15, -0.1) is 0 Å². The lowest BCUT2D eigenvalue weighted by molar-refractivity contribution is 0.0585. The normalized spacial score (nSPS) is 20.9. The molecule has 3 rings (SSSR count). The summed E-state index contributed by atoms with van der Waals surface area (Å²) in [6.07, 6.45) is 4.10. The van der Waals surface area contributed by atoms with Crippen molar-refractivity contribution in [1.29, 1.82) is 0 Å². The van der Waals surface area contributed by atoms with Crippen LogP contribution in [0.3, 0.4) is 0 Å². The van der Waals surface area contributed by atoms with Gasteiger partial charge in [0.25, 0.3) is 0 Å². The van der Waals surface area contributed by atoms with Crippen LogP contribution in [0.15, 0.2) is 18.3 Å². The number of hydrogen-bond acceptors (Lipinski definition) is 3. The molecule has 19 heavy (non-hydrogen) atoms. The Bertz CT molecular complexity index is 577. The highest BCUT2D eigenvalue weighted by atomic mass is 16.5. The third-order valence-corrected chi connectivity index (χ3v) is 3.62. The van der Waals surface area contributed by atoms with Gasteiger partial charge in [0.2, 0.25) is 0 Å². The Labute approximate surface area is 113 Å². The lowest BCUT2D eigenvalue weighted by Crippen LogP contribution is -2.27. The maximum Gasteiger partial charge on any atom is 0.160 e. The van der Waals surface area contributed by atoms with E-state index in [9.17, 15) is 0 Å². The highest BCUT2D eigenvalue weighted by Gasteiger charge is 2.28. The van der Waals surface area contributed by atoms with Crippen LogP contribution >= 0.6 is 0 Å². The third kappa shape index (κ3) is 2.25. The molecule has 1 fully saturated rings. The van der Waals surface area contributed by atoms with E-state index < -0.39 is 0 Å². The third-order valence-electron chi connectivity index (χ3n) is 3.62. The van der Waals surface area contributed by atoms with E-state index >= 15 is 0 Å². The van der Waals surface area contributed by atoms with Crippen LogP contribution in [0, 0.1) is 0 Å². The smallest absolute Gasteiger partial charge is 0.160 e. The largest absolute Gasteiger partial charge is 0.379 e. The van der Waals surface area contributed by atoms with Crippen molar-refractivity contribution >= 4 is 11.2 Å². The van der Waals surface area contributed by atoms with Crippen molar-refractivity contribution in [2.45, 2.75) is 45.1 Å². The van der Waals surface area contributed by atoms with Gasteiger partial charge in [-0.05, 0) is 25.0 Å². The molecule has 1 aliphatic heterocycles. The average molecular weight is 259 g/mol. The van der Waals surface area contributed by atoms with Gasteiger partial charge in [-0.1, -0.05) is 20.8 Å². The SMILES string of the molecule is CC(C)(C)c1nc2cccnc2n1C1CCCOC1. The van der Waals surface area contributed by atoms with Gasteiger partial charge >= 0.3 is 0 Å². The monoisotopic (exact) mass is 259 g/mol. The van der Waals surface area contributed by atoms with Crippen molar-refractivity contribution in [1.82, 2.24) is 14.5 Å². The second kappa shape index (κ2) is 4.60. The zero-order chi connectivity index (χ0) is 13.5. The van der Waals surface area contributed by atoms with Crippen LogP contribution in [0.25, 0.3) is 11.2 Å². The van der Waals surface area contributed by atoms with Gasteiger partial charge in [-0.3, -0.25) is 0 Å². The Morgan fingerprint density at radius 3 is 2.89 bits per heavy atom. The molecule has 1 saturated heterocycles. The van der Waals surface area contributed by atoms with Gasteiger partial charge in [0.05, 0.1) is 12.6 Å². The quantitative estimate of drug-likeness (QED) is 0.790. The molecule has 0 saturated carbocycles. The van der Waals surface area contributed by atoms with Crippen molar-refractivity contribution < 1.29 is 4.74 Å². The van der Waals surface area contributed by atoms with E-state index in [-0.39, 0.29) is 5.41 Å². The van der Waals surface area contributed by atoms with Crippen molar-refractivity contribution in [3.05, 3.63) is 24.2 Å². The van der Waals surface area contributed by atoms with Gasteiger partial charge in [-0.2, -0.15) is 0 Å². The second-order valence-electron chi connectivity index (χ2n) is 6.27. The van der Waals surface area contributed by atoms with E-state index in [0.717, 1.165) is 43.0 Å². The molecular formula is C15H21N3O. The first kappa shape index (κ1) is 12.6. The van der Waals surface area contributed by atoms with E-state index in [0.29, 0.717) is 6.04 Å². The van der Waals surface area contributed by atoms with Crippen molar-refractivity contribution in [3.63, 3.8) is 0 Å². The minimum absolute atomic E-state index is 0.0121. The van der Waals surface area contributed by atoms with Gasteiger partial charge < -0.3 is 9.30 Å². The van der Waals surface area contributed by atoms with E-state index in [4.69, 9.17) is 9.72 Å². The molecule has 0 N–H and O–H groups in total. The van der Waals surface area contributed by atoms with E-state index in [1.165, 1.54) is 0 Å². The molecular weight excluding hydrogens is 238 g/mol. The predicted octanol–water partition coefficient (Wildman–Crippen LogP) is 3.08. The van der Waals surface area contributed by atoms with Gasteiger partial charge in [0.15, 0.2) is 5.65 Å². The number of pyridine rings is 1. The molecule has 1 unspecified atom stereocenters. The molecule has 0 amide bonds. The summed E-state index contributed by atoms with van der Waals surface area (Å²) in [7, 11) is 0. The number of rotatable bonds is 1. The summed E-state index contributed by atoms with van der Waals surface area (Å²) >= 11 is 0. The first-order chi connectivity index (χ1) is 9.07. The fourth-order valence-electron chi connectivity index (χ4n) is 2.73. The molecule has 102 valence electrons. The molecule has 2 aromatic rings. The molecule has 3 heterocycles. The van der Waals surface area contributed by atoms with Crippen LogP contribution in [0.4, 0.5) is 0 Å². The summed E-state index contributed by atoms with van der Waals surface area (Å²) in [5.41, 5.74) is 1.99. The Morgan fingerprint density at radius 1 is 1.37 bits per heavy atom. The fourth-order valence-corrected chi connectivity index (χ4v) is 2.73. The Morgan fingerprint density at radius 2 is 2.21 bits per heavy atom. The lowest BCUT2D eigenvalue weighted by atomic mass is 9.95. The van der Waals surface area contributed by atoms with Gasteiger partial charge in [0, 0.05) is 18.2 Å². The topological polar surface area (TPSA) is 39.9 Å². The molecule has 1 atom stereocenters. The zero-order valence-corrected chi connectivity index (χ0v) is 11.9. The lowest BCUT2D eigenvalue weighted by Gasteiger charge is -2.28. The Kier molecular flexibility index (Phi) is 3.05. The predicted molar refractivity (Wildman–Crippen MR) is 75.3 cm³/mol. The molecule has 4 nitrogen and oxygen atoms in total. The van der Waals surface area contributed by atoms with Crippen molar-refractivity contribution in [3.8, 4) is 0 Å². The molecule has 0 radical (unpaired) electrons. The summed E-state index contributed by atoms with van der Waals surface area (Å²) < 4.78 is 7.95. The number of nitrogens with zero attached hydrogens (tertiary/aromatic N) is 3. The Hall–Kier alpha value is -1.42. The number of imidazole rings is 1. The number of aromatic nitrogens is 3. The zero-order valence-electron chi connectivity index (χ0n) is 11.9. The first-order valence-electron chi connectivity index (χ1n) is 6.98. The summed E-state index contributed by atoms with van der Waals surface area (Å²) in [6, 6.07) is 4.35. The van der Waals surface area contributed by atoms with E-state index in [1.54, 1.807) is 0 Å². The maximum absolute atomic E-state index is 5.65. The molecule has 0 bridgehead atoms.